The van der Waals surface area contributed by atoms with Gasteiger partial charge in [0.1, 0.15) is 23.9 Å². The maximum Gasteiger partial charge on any atom is 0.137 e. The van der Waals surface area contributed by atoms with E-state index in [9.17, 15) is 0 Å². The Morgan fingerprint density at radius 1 is 1.05 bits per heavy atom. The molecule has 2 aromatic carbocycles. The van der Waals surface area contributed by atoms with E-state index in [1.54, 1.807) is 26.4 Å². The van der Waals surface area contributed by atoms with Gasteiger partial charge in [0.2, 0.25) is 0 Å². The first kappa shape index (κ1) is 15.5. The second-order valence-corrected chi connectivity index (χ2v) is 4.86. The van der Waals surface area contributed by atoms with E-state index in [0.29, 0.717) is 16.5 Å². The average Bonchev–Trinajstić information content (AvgIpc) is 2.53. The van der Waals surface area contributed by atoms with Crippen molar-refractivity contribution in [1.29, 1.82) is 0 Å². The van der Waals surface area contributed by atoms with Gasteiger partial charge < -0.3 is 19.9 Å². The molecule has 112 valence electrons. The lowest BCUT2D eigenvalue weighted by Gasteiger charge is -2.17. The number of hydrogen-bond acceptors (Lipinski definition) is 4. The van der Waals surface area contributed by atoms with Gasteiger partial charge in [0.25, 0.3) is 0 Å². The van der Waals surface area contributed by atoms with E-state index in [1.165, 1.54) is 0 Å². The summed E-state index contributed by atoms with van der Waals surface area (Å²) < 4.78 is 16.2. The second kappa shape index (κ2) is 7.20. The zero-order valence-corrected chi connectivity index (χ0v) is 12.8. The monoisotopic (exact) mass is 307 g/mol. The van der Waals surface area contributed by atoms with E-state index >= 15 is 0 Å². The minimum atomic E-state index is -0.355. The van der Waals surface area contributed by atoms with Crippen molar-refractivity contribution in [1.82, 2.24) is 0 Å². The molecular formula is C16H18ClNO3. The summed E-state index contributed by atoms with van der Waals surface area (Å²) in [4.78, 5) is 0. The lowest BCUT2D eigenvalue weighted by Crippen LogP contribution is -2.20. The Balaban J connectivity index is 2.13. The number of rotatable bonds is 6. The summed E-state index contributed by atoms with van der Waals surface area (Å²) in [5.74, 6) is 2.03. The molecule has 0 aliphatic carbocycles. The van der Waals surface area contributed by atoms with Crippen molar-refractivity contribution in [2.24, 2.45) is 5.73 Å². The number of methoxy groups -OCH3 is 2. The SMILES string of the molecule is COc1ccc(OC)c(C(N)COc2ccccc2Cl)c1. The summed E-state index contributed by atoms with van der Waals surface area (Å²) in [6, 6.07) is 12.4. The molecular weight excluding hydrogens is 290 g/mol. The van der Waals surface area contributed by atoms with Gasteiger partial charge in [-0.1, -0.05) is 23.7 Å². The van der Waals surface area contributed by atoms with Gasteiger partial charge in [0.05, 0.1) is 25.3 Å². The van der Waals surface area contributed by atoms with Gasteiger partial charge >= 0.3 is 0 Å². The molecule has 0 spiro atoms. The smallest absolute Gasteiger partial charge is 0.137 e. The summed E-state index contributed by atoms with van der Waals surface area (Å²) in [7, 11) is 3.21. The first-order chi connectivity index (χ1) is 10.2. The van der Waals surface area contributed by atoms with Crippen molar-refractivity contribution in [2.45, 2.75) is 6.04 Å². The number of nitrogens with two attached hydrogens (primary N) is 1. The van der Waals surface area contributed by atoms with Gasteiger partial charge in [-0.2, -0.15) is 0 Å². The van der Waals surface area contributed by atoms with E-state index in [1.807, 2.05) is 30.3 Å². The molecule has 0 heterocycles. The molecule has 5 heteroatoms. The van der Waals surface area contributed by atoms with E-state index in [0.717, 1.165) is 11.3 Å². The van der Waals surface area contributed by atoms with Crippen molar-refractivity contribution in [2.75, 3.05) is 20.8 Å². The molecule has 0 aliphatic heterocycles. The molecule has 0 amide bonds. The summed E-state index contributed by atoms with van der Waals surface area (Å²) in [6.07, 6.45) is 0. The minimum absolute atomic E-state index is 0.285. The van der Waals surface area contributed by atoms with E-state index in [4.69, 9.17) is 31.5 Å². The maximum absolute atomic E-state index is 6.19. The molecule has 2 rings (SSSR count). The molecule has 1 atom stereocenters. The Bertz CT molecular complexity index is 604. The van der Waals surface area contributed by atoms with Crippen molar-refractivity contribution < 1.29 is 14.2 Å². The van der Waals surface area contributed by atoms with Crippen LogP contribution < -0.4 is 19.9 Å². The minimum Gasteiger partial charge on any atom is -0.497 e. The Hall–Kier alpha value is -1.91. The van der Waals surface area contributed by atoms with E-state index < -0.39 is 0 Å². The molecule has 21 heavy (non-hydrogen) atoms. The summed E-state index contributed by atoms with van der Waals surface area (Å²) in [5.41, 5.74) is 7.01. The molecule has 0 saturated heterocycles. The van der Waals surface area contributed by atoms with Gasteiger partial charge in [-0.05, 0) is 30.3 Å². The molecule has 1 unspecified atom stereocenters. The van der Waals surface area contributed by atoms with Gasteiger partial charge in [-0.25, -0.2) is 0 Å². The average molecular weight is 308 g/mol. The summed E-state index contributed by atoms with van der Waals surface area (Å²) >= 11 is 6.05. The molecule has 0 bridgehead atoms. The normalized spacial score (nSPS) is 11.8. The summed E-state index contributed by atoms with van der Waals surface area (Å²) in [6.45, 7) is 0.285. The molecule has 4 nitrogen and oxygen atoms in total. The Labute approximate surface area is 129 Å². The van der Waals surface area contributed by atoms with Gasteiger partial charge in [-0.15, -0.1) is 0 Å². The molecule has 0 aromatic heterocycles. The standard InChI is InChI=1S/C16H18ClNO3/c1-19-11-7-8-15(20-2)12(9-11)14(18)10-21-16-6-4-3-5-13(16)17/h3-9,14H,10,18H2,1-2H3. The Morgan fingerprint density at radius 3 is 2.48 bits per heavy atom. The van der Waals surface area contributed by atoms with Crippen LogP contribution in [0.3, 0.4) is 0 Å². The zero-order chi connectivity index (χ0) is 15.2. The predicted octanol–water partition coefficient (Wildman–Crippen LogP) is 3.44. The first-order valence-electron chi connectivity index (χ1n) is 6.50. The van der Waals surface area contributed by atoms with Crippen LogP contribution in [0.5, 0.6) is 17.2 Å². The first-order valence-corrected chi connectivity index (χ1v) is 6.88. The molecule has 0 saturated carbocycles. The van der Waals surface area contributed by atoms with Crippen molar-refractivity contribution in [3.8, 4) is 17.2 Å². The van der Waals surface area contributed by atoms with Crippen molar-refractivity contribution >= 4 is 11.6 Å². The zero-order valence-electron chi connectivity index (χ0n) is 12.0. The molecule has 2 N–H and O–H groups in total. The highest BCUT2D eigenvalue weighted by Gasteiger charge is 2.14. The fourth-order valence-corrected chi connectivity index (χ4v) is 2.15. The second-order valence-electron chi connectivity index (χ2n) is 4.46. The van der Waals surface area contributed by atoms with Crippen LogP contribution in [-0.4, -0.2) is 20.8 Å². The van der Waals surface area contributed by atoms with E-state index in [-0.39, 0.29) is 12.6 Å². The topological polar surface area (TPSA) is 53.7 Å². The largest absolute Gasteiger partial charge is 0.497 e. The van der Waals surface area contributed by atoms with Crippen LogP contribution in [0.25, 0.3) is 0 Å². The van der Waals surface area contributed by atoms with Crippen LogP contribution in [-0.2, 0) is 0 Å². The third kappa shape index (κ3) is 3.80. The maximum atomic E-state index is 6.19. The number of para-hydroxylation sites is 1. The van der Waals surface area contributed by atoms with Crippen molar-refractivity contribution in [3.63, 3.8) is 0 Å². The molecule has 2 aromatic rings. The molecule has 0 radical (unpaired) electrons. The van der Waals surface area contributed by atoms with Crippen LogP contribution in [0.1, 0.15) is 11.6 Å². The highest BCUT2D eigenvalue weighted by molar-refractivity contribution is 6.32. The molecule has 0 fully saturated rings. The fourth-order valence-electron chi connectivity index (χ4n) is 1.96. The van der Waals surface area contributed by atoms with Crippen LogP contribution >= 0.6 is 11.6 Å². The van der Waals surface area contributed by atoms with Crippen LogP contribution in [0.15, 0.2) is 42.5 Å². The van der Waals surface area contributed by atoms with Crippen molar-refractivity contribution in [3.05, 3.63) is 53.1 Å². The number of benzene rings is 2. The lowest BCUT2D eigenvalue weighted by atomic mass is 10.1. The van der Waals surface area contributed by atoms with Crippen LogP contribution in [0.4, 0.5) is 0 Å². The number of ether oxygens (including phenoxy) is 3. The Morgan fingerprint density at radius 2 is 1.81 bits per heavy atom. The van der Waals surface area contributed by atoms with Crippen LogP contribution in [0.2, 0.25) is 5.02 Å². The lowest BCUT2D eigenvalue weighted by molar-refractivity contribution is 0.286. The van der Waals surface area contributed by atoms with Gasteiger partial charge in [0.15, 0.2) is 0 Å². The predicted molar refractivity (Wildman–Crippen MR) is 83.4 cm³/mol. The third-order valence-electron chi connectivity index (χ3n) is 3.09. The fraction of sp³-hybridized carbons (Fsp3) is 0.250. The number of halogens is 1. The highest BCUT2D eigenvalue weighted by atomic mass is 35.5. The van der Waals surface area contributed by atoms with Gasteiger partial charge in [0, 0.05) is 5.56 Å². The summed E-state index contributed by atoms with van der Waals surface area (Å²) in [5, 5.41) is 0.558. The highest BCUT2D eigenvalue weighted by Crippen LogP contribution is 2.30. The third-order valence-corrected chi connectivity index (χ3v) is 3.40. The van der Waals surface area contributed by atoms with Gasteiger partial charge in [-0.3, -0.25) is 0 Å². The van der Waals surface area contributed by atoms with E-state index in [2.05, 4.69) is 0 Å². The quantitative estimate of drug-likeness (QED) is 0.888. The molecule has 0 aliphatic rings. The van der Waals surface area contributed by atoms with Crippen LogP contribution in [0, 0.1) is 0 Å². The number of hydrogen-bond donors (Lipinski definition) is 1. The Kier molecular flexibility index (Phi) is 5.31.